The number of hydrogen-bond donors (Lipinski definition) is 2. The standard InChI is InChI=1S/C11H13F2N3O3/c1-3-7(17)14-4-5-15-11(18)8-6(2)16-19-9(8)10(12)13/h3,10H,1,4-5H2,2H3,(H,14,17)(H,15,18). The van der Waals surface area contributed by atoms with Gasteiger partial charge in [0.25, 0.3) is 12.3 Å². The molecular formula is C11H13F2N3O3. The summed E-state index contributed by atoms with van der Waals surface area (Å²) in [5.74, 6) is -1.87. The summed E-state index contributed by atoms with van der Waals surface area (Å²) >= 11 is 0. The molecule has 0 spiro atoms. The Labute approximate surface area is 107 Å². The van der Waals surface area contributed by atoms with Crippen molar-refractivity contribution in [2.45, 2.75) is 13.3 Å². The Morgan fingerprint density at radius 2 is 2.05 bits per heavy atom. The van der Waals surface area contributed by atoms with Gasteiger partial charge >= 0.3 is 0 Å². The van der Waals surface area contributed by atoms with Crippen molar-refractivity contribution < 1.29 is 22.9 Å². The molecule has 1 heterocycles. The molecule has 8 heteroatoms. The van der Waals surface area contributed by atoms with E-state index in [2.05, 4.69) is 26.9 Å². The fourth-order valence-electron chi connectivity index (χ4n) is 1.33. The van der Waals surface area contributed by atoms with Crippen LogP contribution in [0.15, 0.2) is 17.2 Å². The van der Waals surface area contributed by atoms with E-state index in [1.807, 2.05) is 0 Å². The number of amides is 2. The number of alkyl halides is 2. The normalized spacial score (nSPS) is 10.3. The largest absolute Gasteiger partial charge is 0.354 e. The summed E-state index contributed by atoms with van der Waals surface area (Å²) in [6, 6.07) is 0. The molecular weight excluding hydrogens is 260 g/mol. The minimum Gasteiger partial charge on any atom is -0.354 e. The van der Waals surface area contributed by atoms with Gasteiger partial charge in [0.2, 0.25) is 11.7 Å². The third kappa shape index (κ3) is 3.87. The Morgan fingerprint density at radius 1 is 1.42 bits per heavy atom. The maximum absolute atomic E-state index is 12.6. The third-order valence-corrected chi connectivity index (χ3v) is 2.21. The molecule has 0 saturated heterocycles. The summed E-state index contributed by atoms with van der Waals surface area (Å²) in [7, 11) is 0. The summed E-state index contributed by atoms with van der Waals surface area (Å²) in [5.41, 5.74) is -0.187. The van der Waals surface area contributed by atoms with Crippen LogP contribution in [0.2, 0.25) is 0 Å². The second-order valence-corrected chi connectivity index (χ2v) is 3.56. The molecule has 6 nitrogen and oxygen atoms in total. The van der Waals surface area contributed by atoms with Crippen LogP contribution in [0, 0.1) is 6.92 Å². The highest BCUT2D eigenvalue weighted by Gasteiger charge is 2.26. The Hall–Kier alpha value is -2.25. The van der Waals surface area contributed by atoms with Gasteiger partial charge in [-0.3, -0.25) is 9.59 Å². The zero-order valence-corrected chi connectivity index (χ0v) is 10.2. The first-order chi connectivity index (χ1) is 8.97. The van der Waals surface area contributed by atoms with Crippen molar-refractivity contribution in [2.75, 3.05) is 13.1 Å². The fraction of sp³-hybridized carbons (Fsp3) is 0.364. The number of nitrogens with zero attached hydrogens (tertiary/aromatic N) is 1. The molecule has 2 N–H and O–H groups in total. The van der Waals surface area contributed by atoms with E-state index < -0.39 is 18.1 Å². The first-order valence-corrected chi connectivity index (χ1v) is 5.40. The monoisotopic (exact) mass is 273 g/mol. The number of aromatic nitrogens is 1. The highest BCUT2D eigenvalue weighted by Crippen LogP contribution is 2.24. The first kappa shape index (κ1) is 14.8. The molecule has 1 rings (SSSR count). The predicted molar refractivity (Wildman–Crippen MR) is 61.7 cm³/mol. The number of rotatable bonds is 6. The molecule has 0 atom stereocenters. The first-order valence-electron chi connectivity index (χ1n) is 5.40. The van der Waals surface area contributed by atoms with Crippen molar-refractivity contribution in [3.63, 3.8) is 0 Å². The van der Waals surface area contributed by atoms with Gasteiger partial charge in [-0.15, -0.1) is 0 Å². The van der Waals surface area contributed by atoms with Gasteiger partial charge < -0.3 is 15.2 Å². The zero-order valence-electron chi connectivity index (χ0n) is 10.2. The summed E-state index contributed by atoms with van der Waals surface area (Å²) in [5, 5.41) is 8.14. The Morgan fingerprint density at radius 3 is 2.63 bits per heavy atom. The molecule has 104 valence electrons. The number of halogens is 2. The highest BCUT2D eigenvalue weighted by atomic mass is 19.3. The van der Waals surface area contributed by atoms with E-state index in [0.29, 0.717) is 0 Å². The van der Waals surface area contributed by atoms with Gasteiger partial charge in [-0.1, -0.05) is 11.7 Å². The molecule has 19 heavy (non-hydrogen) atoms. The summed E-state index contributed by atoms with van der Waals surface area (Å²) < 4.78 is 29.5. The number of nitrogens with one attached hydrogen (secondary N) is 2. The maximum Gasteiger partial charge on any atom is 0.298 e. The lowest BCUT2D eigenvalue weighted by molar-refractivity contribution is -0.116. The molecule has 1 aromatic heterocycles. The van der Waals surface area contributed by atoms with Crippen LogP contribution in [0.1, 0.15) is 28.2 Å². The van der Waals surface area contributed by atoms with Gasteiger partial charge in [0.1, 0.15) is 5.56 Å². The number of aryl methyl sites for hydroxylation is 1. The lowest BCUT2D eigenvalue weighted by Crippen LogP contribution is -2.34. The minimum absolute atomic E-state index is 0.0860. The van der Waals surface area contributed by atoms with Crippen LogP contribution in [-0.4, -0.2) is 30.1 Å². The molecule has 0 bridgehead atoms. The van der Waals surface area contributed by atoms with Gasteiger partial charge in [0.05, 0.1) is 5.69 Å². The second kappa shape index (κ2) is 6.62. The average Bonchev–Trinajstić information content (AvgIpc) is 2.76. The fourth-order valence-corrected chi connectivity index (χ4v) is 1.33. The Balaban J connectivity index is 2.56. The van der Waals surface area contributed by atoms with Gasteiger partial charge in [-0.05, 0) is 13.0 Å². The zero-order chi connectivity index (χ0) is 14.4. The van der Waals surface area contributed by atoms with Crippen molar-refractivity contribution in [3.05, 3.63) is 29.7 Å². The topological polar surface area (TPSA) is 84.2 Å². The molecule has 0 aromatic carbocycles. The van der Waals surface area contributed by atoms with Crippen LogP contribution in [0.25, 0.3) is 0 Å². The predicted octanol–water partition coefficient (Wildman–Crippen LogP) is 0.953. The average molecular weight is 273 g/mol. The van der Waals surface area contributed by atoms with Crippen LogP contribution >= 0.6 is 0 Å². The van der Waals surface area contributed by atoms with E-state index in [1.54, 1.807) is 0 Å². The minimum atomic E-state index is -2.91. The van der Waals surface area contributed by atoms with Crippen molar-refractivity contribution in [1.29, 1.82) is 0 Å². The van der Waals surface area contributed by atoms with Crippen LogP contribution < -0.4 is 10.6 Å². The van der Waals surface area contributed by atoms with E-state index >= 15 is 0 Å². The van der Waals surface area contributed by atoms with E-state index in [9.17, 15) is 18.4 Å². The molecule has 1 aromatic rings. The number of hydrogen-bond acceptors (Lipinski definition) is 4. The van der Waals surface area contributed by atoms with Gasteiger partial charge in [-0.25, -0.2) is 8.78 Å². The van der Waals surface area contributed by atoms with Crippen molar-refractivity contribution in [3.8, 4) is 0 Å². The molecule has 0 aliphatic carbocycles. The lowest BCUT2D eigenvalue weighted by atomic mass is 10.2. The van der Waals surface area contributed by atoms with E-state index in [0.717, 1.165) is 6.08 Å². The summed E-state index contributed by atoms with van der Waals surface area (Å²) in [6.45, 7) is 4.89. The van der Waals surface area contributed by atoms with E-state index in [4.69, 9.17) is 0 Å². The van der Waals surface area contributed by atoms with Crippen molar-refractivity contribution >= 4 is 11.8 Å². The SMILES string of the molecule is C=CC(=O)NCCNC(=O)c1c(C)noc1C(F)F. The second-order valence-electron chi connectivity index (χ2n) is 3.56. The van der Waals surface area contributed by atoms with Gasteiger partial charge in [0.15, 0.2) is 0 Å². The third-order valence-electron chi connectivity index (χ3n) is 2.21. The summed E-state index contributed by atoms with van der Waals surface area (Å²) in [6.07, 6.45) is -1.83. The molecule has 0 fully saturated rings. The van der Waals surface area contributed by atoms with E-state index in [-0.39, 0.29) is 30.3 Å². The molecule has 0 aliphatic heterocycles. The molecule has 2 amide bonds. The summed E-state index contributed by atoms with van der Waals surface area (Å²) in [4.78, 5) is 22.5. The Kier molecular flexibility index (Phi) is 5.16. The Bertz CT molecular complexity index is 486. The quantitative estimate of drug-likeness (QED) is 0.597. The molecule has 0 unspecified atom stereocenters. The number of carbonyl (C=O) groups is 2. The van der Waals surface area contributed by atoms with Crippen LogP contribution in [0.3, 0.4) is 0 Å². The van der Waals surface area contributed by atoms with Crippen molar-refractivity contribution in [1.82, 2.24) is 15.8 Å². The smallest absolute Gasteiger partial charge is 0.298 e. The van der Waals surface area contributed by atoms with Crippen molar-refractivity contribution in [2.24, 2.45) is 0 Å². The van der Waals surface area contributed by atoms with Gasteiger partial charge in [-0.2, -0.15) is 0 Å². The molecule has 0 aliphatic rings. The number of carbonyl (C=O) groups excluding carboxylic acids is 2. The highest BCUT2D eigenvalue weighted by molar-refractivity contribution is 5.96. The van der Waals surface area contributed by atoms with E-state index in [1.165, 1.54) is 6.92 Å². The molecule has 0 saturated carbocycles. The molecule has 0 radical (unpaired) electrons. The van der Waals surface area contributed by atoms with Gasteiger partial charge in [0, 0.05) is 13.1 Å². The van der Waals surface area contributed by atoms with Crippen LogP contribution in [0.5, 0.6) is 0 Å². The maximum atomic E-state index is 12.6. The lowest BCUT2D eigenvalue weighted by Gasteiger charge is -2.05. The van der Waals surface area contributed by atoms with Crippen LogP contribution in [0.4, 0.5) is 8.78 Å². The van der Waals surface area contributed by atoms with Crippen LogP contribution in [-0.2, 0) is 4.79 Å².